The predicted molar refractivity (Wildman–Crippen MR) is 89.8 cm³/mol. The normalized spacial score (nSPS) is 24.8. The number of rotatable bonds is 7. The molecule has 1 saturated carbocycles. The lowest BCUT2D eigenvalue weighted by atomic mass is 9.83. The fourth-order valence-corrected chi connectivity index (χ4v) is 3.11. The molecule has 1 amide bonds. The van der Waals surface area contributed by atoms with Gasteiger partial charge in [-0.05, 0) is 39.5 Å². The molecule has 130 valence electrons. The summed E-state index contributed by atoms with van der Waals surface area (Å²) in [7, 11) is 0. The van der Waals surface area contributed by atoms with E-state index in [0.717, 1.165) is 25.1 Å². The van der Waals surface area contributed by atoms with Crippen LogP contribution in [0.4, 0.5) is 0 Å². The number of hydrogen-bond donors (Lipinski definition) is 2. The highest BCUT2D eigenvalue weighted by atomic mass is 16.5. The van der Waals surface area contributed by atoms with Gasteiger partial charge in [-0.1, -0.05) is 6.92 Å². The van der Waals surface area contributed by atoms with Crippen LogP contribution in [0.1, 0.15) is 58.3 Å². The number of hydrogen-bond acceptors (Lipinski definition) is 4. The third-order valence-electron chi connectivity index (χ3n) is 4.48. The smallest absolute Gasteiger partial charge is 0.223 e. The van der Waals surface area contributed by atoms with E-state index in [1.54, 1.807) is 6.20 Å². The molecule has 0 saturated heterocycles. The molecule has 0 unspecified atom stereocenters. The second-order valence-corrected chi connectivity index (χ2v) is 6.65. The second-order valence-electron chi connectivity index (χ2n) is 6.65. The Morgan fingerprint density at radius 2 is 2.30 bits per heavy atom. The van der Waals surface area contributed by atoms with Gasteiger partial charge in [0.05, 0.1) is 12.6 Å². The van der Waals surface area contributed by atoms with E-state index in [2.05, 4.69) is 35.6 Å². The van der Waals surface area contributed by atoms with Crippen molar-refractivity contribution >= 4 is 5.91 Å². The summed E-state index contributed by atoms with van der Waals surface area (Å²) in [6.07, 6.45) is 7.07. The van der Waals surface area contributed by atoms with E-state index >= 15 is 0 Å². The quantitative estimate of drug-likeness (QED) is 0.804. The summed E-state index contributed by atoms with van der Waals surface area (Å²) >= 11 is 0. The summed E-state index contributed by atoms with van der Waals surface area (Å²) in [5.74, 6) is 0.957. The van der Waals surface area contributed by atoms with Crippen LogP contribution < -0.4 is 11.1 Å². The van der Waals surface area contributed by atoms with E-state index in [4.69, 9.17) is 10.5 Å². The summed E-state index contributed by atoms with van der Waals surface area (Å²) < 4.78 is 7.88. The Bertz CT molecular complexity index is 501. The maximum Gasteiger partial charge on any atom is 0.223 e. The average Bonchev–Trinajstić information content (AvgIpc) is 3.00. The van der Waals surface area contributed by atoms with E-state index in [1.807, 2.05) is 6.20 Å². The molecule has 1 heterocycles. The topological polar surface area (TPSA) is 82.2 Å². The molecular formula is C17H30N4O2. The third-order valence-corrected chi connectivity index (χ3v) is 4.48. The number of imidazole rings is 1. The molecule has 0 aliphatic heterocycles. The van der Waals surface area contributed by atoms with Gasteiger partial charge in [0, 0.05) is 37.0 Å². The maximum absolute atomic E-state index is 12.5. The molecular weight excluding hydrogens is 292 g/mol. The van der Waals surface area contributed by atoms with E-state index in [-0.39, 0.29) is 24.0 Å². The summed E-state index contributed by atoms with van der Waals surface area (Å²) in [6.45, 7) is 7.46. The van der Waals surface area contributed by atoms with Gasteiger partial charge >= 0.3 is 0 Å². The summed E-state index contributed by atoms with van der Waals surface area (Å²) in [5, 5.41) is 3.02. The predicted octanol–water partition coefficient (Wildman–Crippen LogP) is 2.00. The first-order valence-electron chi connectivity index (χ1n) is 8.69. The van der Waals surface area contributed by atoms with Crippen molar-refractivity contribution in [3.8, 4) is 0 Å². The molecule has 2 rings (SSSR count). The van der Waals surface area contributed by atoms with Gasteiger partial charge in [-0.2, -0.15) is 0 Å². The van der Waals surface area contributed by atoms with Crippen molar-refractivity contribution in [2.75, 3.05) is 6.61 Å². The molecule has 1 aromatic rings. The van der Waals surface area contributed by atoms with Gasteiger partial charge in [0.15, 0.2) is 0 Å². The largest absolute Gasteiger partial charge is 0.377 e. The Balaban J connectivity index is 1.86. The van der Waals surface area contributed by atoms with Crippen LogP contribution in [0.5, 0.6) is 0 Å². The van der Waals surface area contributed by atoms with Crippen molar-refractivity contribution in [3.05, 3.63) is 18.2 Å². The zero-order chi connectivity index (χ0) is 16.8. The van der Waals surface area contributed by atoms with Crippen LogP contribution in [-0.2, 0) is 16.1 Å². The van der Waals surface area contributed by atoms with Crippen LogP contribution in [0, 0.1) is 5.92 Å². The van der Waals surface area contributed by atoms with Gasteiger partial charge in [0.25, 0.3) is 0 Å². The third kappa shape index (κ3) is 4.78. The Hall–Kier alpha value is -1.40. The monoisotopic (exact) mass is 322 g/mol. The van der Waals surface area contributed by atoms with Gasteiger partial charge in [-0.15, -0.1) is 0 Å². The van der Waals surface area contributed by atoms with Crippen LogP contribution >= 0.6 is 0 Å². The first kappa shape index (κ1) is 17.9. The van der Waals surface area contributed by atoms with Crippen LogP contribution in [0.3, 0.4) is 0 Å². The number of nitrogens with zero attached hydrogens (tertiary/aromatic N) is 2. The highest BCUT2D eigenvalue weighted by Crippen LogP contribution is 2.26. The summed E-state index contributed by atoms with van der Waals surface area (Å²) in [4.78, 5) is 16.8. The van der Waals surface area contributed by atoms with E-state index in [9.17, 15) is 4.79 Å². The second kappa shape index (κ2) is 8.45. The first-order valence-corrected chi connectivity index (χ1v) is 8.69. The summed E-state index contributed by atoms with van der Waals surface area (Å²) in [6, 6.07) is 0.384. The Kier molecular flexibility index (Phi) is 6.59. The number of nitrogens with one attached hydrogen (secondary N) is 1. The molecule has 0 bridgehead atoms. The maximum atomic E-state index is 12.5. The minimum absolute atomic E-state index is 0.00268. The molecule has 1 fully saturated rings. The Morgan fingerprint density at radius 1 is 1.52 bits per heavy atom. The van der Waals surface area contributed by atoms with Crippen molar-refractivity contribution < 1.29 is 9.53 Å². The average molecular weight is 322 g/mol. The fraction of sp³-hybridized carbons (Fsp3) is 0.765. The molecule has 1 aromatic heterocycles. The molecule has 3 N–H and O–H groups in total. The van der Waals surface area contributed by atoms with Crippen LogP contribution in [-0.4, -0.2) is 34.2 Å². The lowest BCUT2D eigenvalue weighted by molar-refractivity contribution is -0.128. The Morgan fingerprint density at radius 3 is 3.00 bits per heavy atom. The molecule has 23 heavy (non-hydrogen) atoms. The molecule has 0 spiro atoms. The highest BCUT2D eigenvalue weighted by molar-refractivity contribution is 5.78. The van der Waals surface area contributed by atoms with Crippen molar-refractivity contribution in [1.29, 1.82) is 0 Å². The number of amides is 1. The standard InChI is InChI=1S/C17H30N4O2/c1-4-9-23-15-10-13(5-6-14(15)18)17(22)20-11-16-19-7-8-21(16)12(2)3/h7-8,12-15H,4-6,9-11,18H2,1-3H3,(H,20,22)/t13-,14+,15+/m0/s1. The minimum atomic E-state index is -0.0147. The lowest BCUT2D eigenvalue weighted by Gasteiger charge is -2.33. The molecule has 3 atom stereocenters. The van der Waals surface area contributed by atoms with Crippen LogP contribution in [0.15, 0.2) is 12.4 Å². The zero-order valence-corrected chi connectivity index (χ0v) is 14.5. The van der Waals surface area contributed by atoms with Crippen molar-refractivity contribution in [1.82, 2.24) is 14.9 Å². The number of ether oxygens (including phenoxy) is 1. The van der Waals surface area contributed by atoms with Crippen molar-refractivity contribution in [2.24, 2.45) is 11.7 Å². The SMILES string of the molecule is CCCO[C@@H]1C[C@@H](C(=O)NCc2nccn2C(C)C)CC[C@H]1N. The molecule has 0 radical (unpaired) electrons. The lowest BCUT2D eigenvalue weighted by Crippen LogP contribution is -2.45. The number of nitrogens with two attached hydrogens (primary N) is 1. The van der Waals surface area contributed by atoms with Gasteiger partial charge in [-0.3, -0.25) is 4.79 Å². The Labute approximate surface area is 138 Å². The van der Waals surface area contributed by atoms with Crippen LogP contribution in [0.25, 0.3) is 0 Å². The zero-order valence-electron chi connectivity index (χ0n) is 14.5. The first-order chi connectivity index (χ1) is 11.0. The van der Waals surface area contributed by atoms with E-state index in [1.165, 1.54) is 0 Å². The van der Waals surface area contributed by atoms with E-state index in [0.29, 0.717) is 25.6 Å². The number of carbonyl (C=O) groups is 1. The van der Waals surface area contributed by atoms with Crippen molar-refractivity contribution in [3.63, 3.8) is 0 Å². The van der Waals surface area contributed by atoms with E-state index < -0.39 is 0 Å². The number of carbonyl (C=O) groups excluding carboxylic acids is 1. The molecule has 1 aliphatic carbocycles. The van der Waals surface area contributed by atoms with Crippen LogP contribution in [0.2, 0.25) is 0 Å². The molecule has 6 heteroatoms. The van der Waals surface area contributed by atoms with Gasteiger partial charge < -0.3 is 20.4 Å². The fourth-order valence-electron chi connectivity index (χ4n) is 3.11. The van der Waals surface area contributed by atoms with Crippen molar-refractivity contribution in [2.45, 2.75) is 71.2 Å². The van der Waals surface area contributed by atoms with Gasteiger partial charge in [0.1, 0.15) is 5.82 Å². The van der Waals surface area contributed by atoms with Gasteiger partial charge in [0.2, 0.25) is 5.91 Å². The molecule has 0 aromatic carbocycles. The molecule has 6 nitrogen and oxygen atoms in total. The highest BCUT2D eigenvalue weighted by Gasteiger charge is 2.32. The minimum Gasteiger partial charge on any atom is -0.377 e. The number of aromatic nitrogens is 2. The summed E-state index contributed by atoms with van der Waals surface area (Å²) in [5.41, 5.74) is 6.12. The molecule has 1 aliphatic rings. The van der Waals surface area contributed by atoms with Gasteiger partial charge in [-0.25, -0.2) is 4.98 Å².